The van der Waals surface area contributed by atoms with Crippen molar-refractivity contribution < 1.29 is 8.78 Å². The lowest BCUT2D eigenvalue weighted by molar-refractivity contribution is 0.612. The number of hydrogen-bond acceptors (Lipinski definition) is 0. The molecule has 0 heterocycles. The normalized spacial score (nSPS) is 12.5. The maximum Gasteiger partial charge on any atom is 0.127 e. The lowest BCUT2D eigenvalue weighted by Crippen LogP contribution is -1.97. The molecule has 0 radical (unpaired) electrons. The zero-order valence-electron chi connectivity index (χ0n) is 9.25. The predicted octanol–water partition coefficient (Wildman–Crippen LogP) is 4.76. The first-order valence-electron chi connectivity index (χ1n) is 5.23. The van der Waals surface area contributed by atoms with Gasteiger partial charge in [0.2, 0.25) is 0 Å². The average Bonchev–Trinajstić information content (AvgIpc) is 2.32. The highest BCUT2D eigenvalue weighted by Crippen LogP contribution is 2.32. The van der Waals surface area contributed by atoms with Gasteiger partial charge < -0.3 is 0 Å². The third-order valence-electron chi connectivity index (χ3n) is 2.59. The van der Waals surface area contributed by atoms with Gasteiger partial charge in [0, 0.05) is 5.56 Å². The fourth-order valence-corrected chi connectivity index (χ4v) is 2.32. The second-order valence-corrected chi connectivity index (χ2v) is 4.85. The summed E-state index contributed by atoms with van der Waals surface area (Å²) in [6.07, 6.45) is 0. The van der Waals surface area contributed by atoms with Crippen LogP contribution in [-0.2, 0) is 0 Å². The molecule has 0 nitrogen and oxygen atoms in total. The molecule has 0 spiro atoms. The summed E-state index contributed by atoms with van der Waals surface area (Å²) in [7, 11) is 0. The molecule has 88 valence electrons. The van der Waals surface area contributed by atoms with Gasteiger partial charge in [-0.1, -0.05) is 45.8 Å². The Kier molecular flexibility index (Phi) is 3.57. The Labute approximate surface area is 107 Å². The van der Waals surface area contributed by atoms with E-state index in [1.807, 2.05) is 6.92 Å². The maximum atomic E-state index is 13.7. The Morgan fingerprint density at radius 2 is 1.65 bits per heavy atom. The van der Waals surface area contributed by atoms with Crippen LogP contribution >= 0.6 is 15.9 Å². The summed E-state index contributed by atoms with van der Waals surface area (Å²) >= 11 is 3.44. The van der Waals surface area contributed by atoms with E-state index in [2.05, 4.69) is 15.9 Å². The lowest BCUT2D eigenvalue weighted by Gasteiger charge is -2.12. The number of aryl methyl sites for hydroxylation is 1. The van der Waals surface area contributed by atoms with Gasteiger partial charge in [0.1, 0.15) is 11.6 Å². The van der Waals surface area contributed by atoms with Gasteiger partial charge in [-0.05, 0) is 30.7 Å². The molecule has 0 aromatic heterocycles. The van der Waals surface area contributed by atoms with Crippen LogP contribution in [0.3, 0.4) is 0 Å². The lowest BCUT2D eigenvalue weighted by atomic mass is 10.0. The van der Waals surface area contributed by atoms with Crippen LogP contribution in [0.5, 0.6) is 0 Å². The van der Waals surface area contributed by atoms with Crippen LogP contribution in [-0.4, -0.2) is 0 Å². The monoisotopic (exact) mass is 296 g/mol. The highest BCUT2D eigenvalue weighted by atomic mass is 79.9. The van der Waals surface area contributed by atoms with Crippen molar-refractivity contribution in [3.8, 4) is 0 Å². The van der Waals surface area contributed by atoms with Crippen molar-refractivity contribution in [1.29, 1.82) is 0 Å². The van der Waals surface area contributed by atoms with E-state index in [4.69, 9.17) is 0 Å². The van der Waals surface area contributed by atoms with E-state index in [0.717, 1.165) is 11.1 Å². The van der Waals surface area contributed by atoms with E-state index in [-0.39, 0.29) is 16.5 Å². The van der Waals surface area contributed by atoms with Crippen molar-refractivity contribution >= 4 is 15.9 Å². The second kappa shape index (κ2) is 4.96. The van der Waals surface area contributed by atoms with Crippen LogP contribution in [0.4, 0.5) is 8.78 Å². The van der Waals surface area contributed by atoms with Crippen molar-refractivity contribution in [3.63, 3.8) is 0 Å². The molecule has 0 amide bonds. The molecule has 2 rings (SSSR count). The molecule has 3 heteroatoms. The molecular weight excluding hydrogens is 286 g/mol. The van der Waals surface area contributed by atoms with Crippen LogP contribution < -0.4 is 0 Å². The third kappa shape index (κ3) is 2.72. The van der Waals surface area contributed by atoms with Gasteiger partial charge in [-0.15, -0.1) is 0 Å². The standard InChI is InChI=1S/C14H11BrF2/c1-9-2-7-13(17)12(8-9)14(15)10-3-5-11(16)6-4-10/h2-8,14H,1H3. The Balaban J connectivity index is 2.39. The smallest absolute Gasteiger partial charge is 0.127 e. The van der Waals surface area contributed by atoms with Gasteiger partial charge in [0.25, 0.3) is 0 Å². The van der Waals surface area contributed by atoms with Crippen LogP contribution in [0.15, 0.2) is 42.5 Å². The molecule has 0 saturated heterocycles. The molecule has 2 aromatic carbocycles. The predicted molar refractivity (Wildman–Crippen MR) is 68.3 cm³/mol. The first-order valence-corrected chi connectivity index (χ1v) is 6.15. The molecule has 1 unspecified atom stereocenters. The summed E-state index contributed by atoms with van der Waals surface area (Å²) < 4.78 is 26.5. The largest absolute Gasteiger partial charge is 0.207 e. The van der Waals surface area contributed by atoms with E-state index in [1.165, 1.54) is 18.2 Å². The topological polar surface area (TPSA) is 0 Å². The second-order valence-electron chi connectivity index (χ2n) is 3.94. The summed E-state index contributed by atoms with van der Waals surface area (Å²) in [5.41, 5.74) is 2.39. The van der Waals surface area contributed by atoms with Crippen LogP contribution in [0.1, 0.15) is 21.5 Å². The number of rotatable bonds is 2. The van der Waals surface area contributed by atoms with Crippen molar-refractivity contribution in [3.05, 3.63) is 70.8 Å². The first kappa shape index (κ1) is 12.2. The third-order valence-corrected chi connectivity index (χ3v) is 3.61. The van der Waals surface area contributed by atoms with Crippen molar-refractivity contribution in [2.45, 2.75) is 11.8 Å². The maximum absolute atomic E-state index is 13.7. The van der Waals surface area contributed by atoms with Gasteiger partial charge in [-0.2, -0.15) is 0 Å². The zero-order valence-corrected chi connectivity index (χ0v) is 10.8. The number of halogens is 3. The quantitative estimate of drug-likeness (QED) is 0.701. The molecule has 0 aliphatic rings. The summed E-state index contributed by atoms with van der Waals surface area (Å²) in [5, 5.41) is 0. The summed E-state index contributed by atoms with van der Waals surface area (Å²) in [5.74, 6) is -0.556. The summed E-state index contributed by atoms with van der Waals surface area (Å²) in [4.78, 5) is -0.261. The van der Waals surface area contributed by atoms with Gasteiger partial charge >= 0.3 is 0 Å². The molecule has 0 aliphatic carbocycles. The van der Waals surface area contributed by atoms with Crippen LogP contribution in [0.25, 0.3) is 0 Å². The molecule has 0 bridgehead atoms. The fourth-order valence-electron chi connectivity index (χ4n) is 1.67. The van der Waals surface area contributed by atoms with E-state index in [9.17, 15) is 8.78 Å². The first-order chi connectivity index (χ1) is 8.08. The van der Waals surface area contributed by atoms with Gasteiger partial charge in [-0.25, -0.2) is 8.78 Å². The minimum atomic E-state index is -0.293. The van der Waals surface area contributed by atoms with E-state index in [1.54, 1.807) is 24.3 Å². The van der Waals surface area contributed by atoms with Crippen LogP contribution in [0.2, 0.25) is 0 Å². The summed E-state index contributed by atoms with van der Waals surface area (Å²) in [6, 6.07) is 11.0. The molecule has 0 saturated carbocycles. The van der Waals surface area contributed by atoms with E-state index < -0.39 is 0 Å². The van der Waals surface area contributed by atoms with Crippen molar-refractivity contribution in [1.82, 2.24) is 0 Å². The minimum absolute atomic E-state index is 0.261. The number of benzene rings is 2. The van der Waals surface area contributed by atoms with Gasteiger partial charge in [0.05, 0.1) is 4.83 Å². The van der Waals surface area contributed by atoms with Crippen molar-refractivity contribution in [2.24, 2.45) is 0 Å². The molecular formula is C14H11BrF2. The minimum Gasteiger partial charge on any atom is -0.207 e. The van der Waals surface area contributed by atoms with Gasteiger partial charge in [0.15, 0.2) is 0 Å². The molecule has 0 fully saturated rings. The average molecular weight is 297 g/mol. The van der Waals surface area contributed by atoms with E-state index in [0.29, 0.717) is 5.56 Å². The molecule has 1 atom stereocenters. The SMILES string of the molecule is Cc1ccc(F)c(C(Br)c2ccc(F)cc2)c1. The summed E-state index contributed by atoms with van der Waals surface area (Å²) in [6.45, 7) is 1.91. The zero-order chi connectivity index (χ0) is 12.4. The molecule has 17 heavy (non-hydrogen) atoms. The fraction of sp³-hybridized carbons (Fsp3) is 0.143. The van der Waals surface area contributed by atoms with E-state index >= 15 is 0 Å². The highest BCUT2D eigenvalue weighted by Gasteiger charge is 2.14. The Bertz CT molecular complexity index is 520. The Morgan fingerprint density at radius 1 is 1.00 bits per heavy atom. The Morgan fingerprint density at radius 3 is 2.29 bits per heavy atom. The van der Waals surface area contributed by atoms with Gasteiger partial charge in [-0.3, -0.25) is 0 Å². The Hall–Kier alpha value is -1.22. The molecule has 0 N–H and O–H groups in total. The highest BCUT2D eigenvalue weighted by molar-refractivity contribution is 9.09. The number of alkyl halides is 1. The molecule has 2 aromatic rings. The molecule has 0 aliphatic heterocycles. The number of hydrogen-bond donors (Lipinski definition) is 0. The van der Waals surface area contributed by atoms with Crippen LogP contribution in [0, 0.1) is 18.6 Å². The van der Waals surface area contributed by atoms with Crippen molar-refractivity contribution in [2.75, 3.05) is 0 Å².